The second-order valence-corrected chi connectivity index (χ2v) is 5.69. The number of methoxy groups -OCH3 is 1. The van der Waals surface area contributed by atoms with Gasteiger partial charge in [0.1, 0.15) is 17.3 Å². The van der Waals surface area contributed by atoms with E-state index in [1.165, 1.54) is 5.56 Å². The van der Waals surface area contributed by atoms with E-state index in [4.69, 9.17) is 9.26 Å². The molecule has 3 rings (SSSR count). The molecule has 7 heteroatoms. The molecular weight excluding hydrogens is 318 g/mol. The zero-order chi connectivity index (χ0) is 17.6. The maximum Gasteiger partial charge on any atom is 0.230 e. The third kappa shape index (κ3) is 4.69. The maximum absolute atomic E-state index is 5.17. The van der Waals surface area contributed by atoms with Crippen molar-refractivity contribution < 1.29 is 9.26 Å². The van der Waals surface area contributed by atoms with E-state index in [2.05, 4.69) is 37.9 Å². The minimum absolute atomic E-state index is 0.486. The average Bonchev–Trinajstić information content (AvgIpc) is 3.00. The fraction of sp³-hybridized carbons (Fsp3) is 0.278. The highest BCUT2D eigenvalue weighted by molar-refractivity contribution is 5.51. The molecule has 3 aromatic rings. The van der Waals surface area contributed by atoms with Crippen LogP contribution in [-0.4, -0.2) is 28.8 Å². The minimum atomic E-state index is 0.486. The zero-order valence-electron chi connectivity index (χ0n) is 14.5. The SMILES string of the molecule is COc1ccc(CCNc2cc(C)nc(Nc3cc(C)on3)n2)cc1. The number of ether oxygens (including phenoxy) is 1. The van der Waals surface area contributed by atoms with Gasteiger partial charge < -0.3 is 19.9 Å². The second-order valence-electron chi connectivity index (χ2n) is 5.69. The van der Waals surface area contributed by atoms with Gasteiger partial charge in [-0.3, -0.25) is 0 Å². The van der Waals surface area contributed by atoms with E-state index in [1.807, 2.05) is 32.0 Å². The van der Waals surface area contributed by atoms with Gasteiger partial charge in [-0.25, -0.2) is 4.98 Å². The van der Waals surface area contributed by atoms with Gasteiger partial charge >= 0.3 is 0 Å². The molecule has 0 atom stereocenters. The molecule has 0 radical (unpaired) electrons. The van der Waals surface area contributed by atoms with Crippen molar-refractivity contribution in [1.82, 2.24) is 15.1 Å². The number of hydrogen-bond acceptors (Lipinski definition) is 7. The molecule has 0 aliphatic carbocycles. The third-order valence-corrected chi connectivity index (χ3v) is 3.60. The van der Waals surface area contributed by atoms with Crippen LogP contribution >= 0.6 is 0 Å². The number of nitrogens with zero attached hydrogens (tertiary/aromatic N) is 3. The van der Waals surface area contributed by atoms with Crippen LogP contribution in [-0.2, 0) is 6.42 Å². The molecule has 130 valence electrons. The lowest BCUT2D eigenvalue weighted by molar-refractivity contribution is 0.400. The minimum Gasteiger partial charge on any atom is -0.497 e. The van der Waals surface area contributed by atoms with Gasteiger partial charge in [-0.2, -0.15) is 4.98 Å². The van der Waals surface area contributed by atoms with Crippen molar-refractivity contribution in [3.8, 4) is 5.75 Å². The Kier molecular flexibility index (Phi) is 5.13. The monoisotopic (exact) mass is 339 g/mol. The van der Waals surface area contributed by atoms with Gasteiger partial charge in [-0.05, 0) is 38.0 Å². The summed E-state index contributed by atoms with van der Waals surface area (Å²) in [5, 5.41) is 10.3. The first kappa shape index (κ1) is 16.8. The molecule has 0 saturated carbocycles. The standard InChI is InChI=1S/C18H21N5O2/c1-12-10-16(19-9-8-14-4-6-15(24-3)7-5-14)21-18(20-12)22-17-11-13(2)25-23-17/h4-7,10-11H,8-9H2,1-3H3,(H2,19,20,21,22,23). The van der Waals surface area contributed by atoms with Gasteiger partial charge in [0, 0.05) is 24.4 Å². The molecule has 2 heterocycles. The Hall–Kier alpha value is -3.09. The van der Waals surface area contributed by atoms with Crippen LogP contribution in [0.3, 0.4) is 0 Å². The quantitative estimate of drug-likeness (QED) is 0.681. The van der Waals surface area contributed by atoms with Crippen LogP contribution in [0.1, 0.15) is 17.0 Å². The molecule has 0 bridgehead atoms. The van der Waals surface area contributed by atoms with Crippen LogP contribution in [0.25, 0.3) is 0 Å². The van der Waals surface area contributed by atoms with Crippen molar-refractivity contribution in [3.05, 3.63) is 53.4 Å². The Morgan fingerprint density at radius 2 is 1.84 bits per heavy atom. The molecule has 25 heavy (non-hydrogen) atoms. The van der Waals surface area contributed by atoms with Gasteiger partial charge in [-0.15, -0.1) is 0 Å². The van der Waals surface area contributed by atoms with E-state index in [0.717, 1.165) is 36.0 Å². The lowest BCUT2D eigenvalue weighted by Gasteiger charge is -2.09. The predicted molar refractivity (Wildman–Crippen MR) is 96.5 cm³/mol. The van der Waals surface area contributed by atoms with Crippen LogP contribution in [0.2, 0.25) is 0 Å². The van der Waals surface area contributed by atoms with Gasteiger partial charge in [-0.1, -0.05) is 17.3 Å². The molecule has 2 aromatic heterocycles. The normalized spacial score (nSPS) is 10.5. The predicted octanol–water partition coefficient (Wildman–Crippen LogP) is 3.49. The molecular formula is C18H21N5O2. The number of anilines is 3. The Morgan fingerprint density at radius 1 is 1.04 bits per heavy atom. The average molecular weight is 339 g/mol. The summed E-state index contributed by atoms with van der Waals surface area (Å²) >= 11 is 0. The summed E-state index contributed by atoms with van der Waals surface area (Å²) < 4.78 is 10.2. The fourth-order valence-corrected chi connectivity index (χ4v) is 2.38. The van der Waals surface area contributed by atoms with Gasteiger partial charge in [0.2, 0.25) is 5.95 Å². The molecule has 0 aliphatic rings. The molecule has 7 nitrogen and oxygen atoms in total. The maximum atomic E-state index is 5.17. The van der Waals surface area contributed by atoms with Crippen LogP contribution in [0.4, 0.5) is 17.6 Å². The zero-order valence-corrected chi connectivity index (χ0v) is 14.5. The number of hydrogen-bond donors (Lipinski definition) is 2. The van der Waals surface area contributed by atoms with E-state index >= 15 is 0 Å². The largest absolute Gasteiger partial charge is 0.497 e. The highest BCUT2D eigenvalue weighted by Crippen LogP contribution is 2.16. The summed E-state index contributed by atoms with van der Waals surface area (Å²) in [6, 6.07) is 11.8. The van der Waals surface area contributed by atoms with Crippen LogP contribution in [0.5, 0.6) is 5.75 Å². The lowest BCUT2D eigenvalue weighted by Crippen LogP contribution is -2.08. The second kappa shape index (κ2) is 7.65. The summed E-state index contributed by atoms with van der Waals surface area (Å²) in [6.45, 7) is 4.53. The van der Waals surface area contributed by atoms with Crippen molar-refractivity contribution in [2.24, 2.45) is 0 Å². The van der Waals surface area contributed by atoms with Crippen molar-refractivity contribution in [2.45, 2.75) is 20.3 Å². The Morgan fingerprint density at radius 3 is 2.52 bits per heavy atom. The highest BCUT2D eigenvalue weighted by Gasteiger charge is 2.06. The number of benzene rings is 1. The Balaban J connectivity index is 1.59. The van der Waals surface area contributed by atoms with E-state index < -0.39 is 0 Å². The summed E-state index contributed by atoms with van der Waals surface area (Å²) in [4.78, 5) is 8.83. The summed E-state index contributed by atoms with van der Waals surface area (Å²) in [5.74, 6) is 3.44. The smallest absolute Gasteiger partial charge is 0.230 e. The van der Waals surface area contributed by atoms with Crippen LogP contribution in [0.15, 0.2) is 40.9 Å². The number of aryl methyl sites for hydroxylation is 2. The molecule has 1 aromatic carbocycles. The number of rotatable bonds is 7. The highest BCUT2D eigenvalue weighted by atomic mass is 16.5. The molecule has 2 N–H and O–H groups in total. The van der Waals surface area contributed by atoms with Crippen LogP contribution in [0, 0.1) is 13.8 Å². The van der Waals surface area contributed by atoms with Crippen molar-refractivity contribution in [2.75, 3.05) is 24.3 Å². The molecule has 0 saturated heterocycles. The lowest BCUT2D eigenvalue weighted by atomic mass is 10.1. The molecule has 0 unspecified atom stereocenters. The van der Waals surface area contributed by atoms with Crippen molar-refractivity contribution in [1.29, 1.82) is 0 Å². The summed E-state index contributed by atoms with van der Waals surface area (Å²) in [7, 11) is 1.67. The van der Waals surface area contributed by atoms with E-state index in [0.29, 0.717) is 11.8 Å². The van der Waals surface area contributed by atoms with Gasteiger partial charge in [0.15, 0.2) is 5.82 Å². The van der Waals surface area contributed by atoms with Gasteiger partial charge in [0.25, 0.3) is 0 Å². The van der Waals surface area contributed by atoms with Crippen LogP contribution < -0.4 is 15.4 Å². The molecule has 0 fully saturated rings. The number of aromatic nitrogens is 3. The van der Waals surface area contributed by atoms with Crippen molar-refractivity contribution >= 4 is 17.6 Å². The van der Waals surface area contributed by atoms with Gasteiger partial charge in [0.05, 0.1) is 7.11 Å². The molecule has 0 aliphatic heterocycles. The topological polar surface area (TPSA) is 85.1 Å². The van der Waals surface area contributed by atoms with Crippen molar-refractivity contribution in [3.63, 3.8) is 0 Å². The summed E-state index contributed by atoms with van der Waals surface area (Å²) in [6.07, 6.45) is 0.887. The van der Waals surface area contributed by atoms with E-state index in [9.17, 15) is 0 Å². The number of nitrogens with one attached hydrogen (secondary N) is 2. The van der Waals surface area contributed by atoms with E-state index in [1.54, 1.807) is 13.2 Å². The Labute approximate surface area is 146 Å². The Bertz CT molecular complexity index is 830. The molecule has 0 amide bonds. The fourth-order valence-electron chi connectivity index (χ4n) is 2.38. The summed E-state index contributed by atoms with van der Waals surface area (Å²) in [5.41, 5.74) is 2.10. The first-order valence-electron chi connectivity index (χ1n) is 8.05. The van der Waals surface area contributed by atoms with E-state index in [-0.39, 0.29) is 0 Å². The third-order valence-electron chi connectivity index (χ3n) is 3.60. The molecule has 0 spiro atoms. The first-order chi connectivity index (χ1) is 12.1. The first-order valence-corrected chi connectivity index (χ1v) is 8.05.